The number of hydrogen-bond acceptors (Lipinski definition) is 4. The fourth-order valence-corrected chi connectivity index (χ4v) is 3.56. The number of sulfonamides is 1. The van der Waals surface area contributed by atoms with Crippen molar-refractivity contribution in [1.29, 1.82) is 0 Å². The van der Waals surface area contributed by atoms with Crippen molar-refractivity contribution in [3.63, 3.8) is 0 Å². The zero-order chi connectivity index (χ0) is 17.7. The van der Waals surface area contributed by atoms with Crippen molar-refractivity contribution in [1.82, 2.24) is 10.0 Å². The van der Waals surface area contributed by atoms with Crippen LogP contribution in [0.25, 0.3) is 0 Å². The van der Waals surface area contributed by atoms with Crippen molar-refractivity contribution in [3.8, 4) is 0 Å². The standard InChI is InChI=1S/C16H27N3O3S.ClH/c1-5-16(6-2,11-17)18-15(20)13-8-7-9-14(10-13)23(21,22)19-12(3)4;/h7-10,12,19H,5-6,11,17H2,1-4H3,(H,18,20);1H. The lowest BCUT2D eigenvalue weighted by atomic mass is 9.92. The smallest absolute Gasteiger partial charge is 0.251 e. The van der Waals surface area contributed by atoms with Gasteiger partial charge in [-0.1, -0.05) is 19.9 Å². The van der Waals surface area contributed by atoms with Gasteiger partial charge in [-0.05, 0) is 44.9 Å². The van der Waals surface area contributed by atoms with E-state index < -0.39 is 15.6 Å². The second-order valence-electron chi connectivity index (χ2n) is 5.95. The fourth-order valence-electron chi connectivity index (χ4n) is 2.26. The van der Waals surface area contributed by atoms with E-state index in [0.29, 0.717) is 24.9 Å². The monoisotopic (exact) mass is 377 g/mol. The van der Waals surface area contributed by atoms with E-state index >= 15 is 0 Å². The van der Waals surface area contributed by atoms with Gasteiger partial charge in [0.2, 0.25) is 10.0 Å². The number of carbonyl (C=O) groups is 1. The highest BCUT2D eigenvalue weighted by molar-refractivity contribution is 7.89. The maximum absolute atomic E-state index is 12.5. The van der Waals surface area contributed by atoms with Crippen LogP contribution in [0.4, 0.5) is 0 Å². The van der Waals surface area contributed by atoms with E-state index in [-0.39, 0.29) is 29.3 Å². The zero-order valence-corrected chi connectivity index (χ0v) is 16.3. The van der Waals surface area contributed by atoms with Crippen molar-refractivity contribution in [3.05, 3.63) is 29.8 Å². The average Bonchev–Trinajstić information content (AvgIpc) is 2.51. The van der Waals surface area contributed by atoms with Crippen LogP contribution in [-0.4, -0.2) is 32.5 Å². The molecular weight excluding hydrogens is 350 g/mol. The Morgan fingerprint density at radius 3 is 2.29 bits per heavy atom. The molecular formula is C16H28ClN3O3S. The number of carbonyl (C=O) groups excluding carboxylic acids is 1. The molecule has 0 heterocycles. The van der Waals surface area contributed by atoms with Crippen molar-refractivity contribution in [2.45, 2.75) is 57.0 Å². The Kier molecular flexibility index (Phi) is 8.91. The van der Waals surface area contributed by atoms with E-state index in [1.54, 1.807) is 26.0 Å². The minimum absolute atomic E-state index is 0. The predicted molar refractivity (Wildman–Crippen MR) is 99.0 cm³/mol. The lowest BCUT2D eigenvalue weighted by Crippen LogP contribution is -2.52. The number of halogens is 1. The van der Waals surface area contributed by atoms with Gasteiger partial charge in [-0.2, -0.15) is 0 Å². The van der Waals surface area contributed by atoms with E-state index in [9.17, 15) is 13.2 Å². The van der Waals surface area contributed by atoms with Gasteiger partial charge in [0, 0.05) is 18.2 Å². The summed E-state index contributed by atoms with van der Waals surface area (Å²) in [5, 5.41) is 2.94. The zero-order valence-electron chi connectivity index (χ0n) is 14.6. The number of nitrogens with two attached hydrogens (primary N) is 1. The first kappa shape index (κ1) is 22.9. The van der Waals surface area contributed by atoms with Crippen molar-refractivity contribution >= 4 is 28.3 Å². The molecule has 0 unspecified atom stereocenters. The number of benzene rings is 1. The number of rotatable bonds is 8. The molecule has 138 valence electrons. The lowest BCUT2D eigenvalue weighted by molar-refractivity contribution is 0.0895. The quantitative estimate of drug-likeness (QED) is 0.645. The second kappa shape index (κ2) is 9.36. The van der Waals surface area contributed by atoms with Crippen molar-refractivity contribution < 1.29 is 13.2 Å². The summed E-state index contributed by atoms with van der Waals surface area (Å²) in [6, 6.07) is 5.79. The Morgan fingerprint density at radius 1 is 1.25 bits per heavy atom. The number of amides is 1. The molecule has 1 amide bonds. The summed E-state index contributed by atoms with van der Waals surface area (Å²) in [5.74, 6) is -0.319. The molecule has 0 bridgehead atoms. The molecule has 0 radical (unpaired) electrons. The molecule has 0 atom stereocenters. The van der Waals surface area contributed by atoms with Crippen molar-refractivity contribution in [2.24, 2.45) is 5.73 Å². The van der Waals surface area contributed by atoms with E-state index in [2.05, 4.69) is 10.0 Å². The molecule has 0 aliphatic rings. The minimum Gasteiger partial charge on any atom is -0.345 e. The van der Waals surface area contributed by atoms with Crippen LogP contribution in [0.1, 0.15) is 50.9 Å². The van der Waals surface area contributed by atoms with Crippen LogP contribution in [0, 0.1) is 0 Å². The average molecular weight is 378 g/mol. The first-order valence-electron chi connectivity index (χ1n) is 7.84. The Bertz CT molecular complexity index is 635. The summed E-state index contributed by atoms with van der Waals surface area (Å²) in [5.41, 5.74) is 5.62. The van der Waals surface area contributed by atoms with Gasteiger partial charge in [-0.3, -0.25) is 4.79 Å². The van der Waals surface area contributed by atoms with Gasteiger partial charge in [-0.25, -0.2) is 13.1 Å². The van der Waals surface area contributed by atoms with Gasteiger partial charge in [0.15, 0.2) is 0 Å². The Morgan fingerprint density at radius 2 is 1.83 bits per heavy atom. The summed E-state index contributed by atoms with van der Waals surface area (Å²) in [6.45, 7) is 7.74. The molecule has 0 aromatic heterocycles. The summed E-state index contributed by atoms with van der Waals surface area (Å²) in [4.78, 5) is 12.5. The van der Waals surface area contributed by atoms with Gasteiger partial charge in [0.25, 0.3) is 5.91 Å². The molecule has 1 aromatic rings. The van der Waals surface area contributed by atoms with Crippen LogP contribution in [0.15, 0.2) is 29.2 Å². The number of hydrogen-bond donors (Lipinski definition) is 3. The summed E-state index contributed by atoms with van der Waals surface area (Å²) in [7, 11) is -3.63. The van der Waals surface area contributed by atoms with Gasteiger partial charge < -0.3 is 11.1 Å². The van der Waals surface area contributed by atoms with Crippen LogP contribution in [0.3, 0.4) is 0 Å². The predicted octanol–water partition coefficient (Wildman–Crippen LogP) is 2.04. The van der Waals surface area contributed by atoms with Gasteiger partial charge in [-0.15, -0.1) is 12.4 Å². The Balaban J connectivity index is 0.00000529. The van der Waals surface area contributed by atoms with Crippen LogP contribution < -0.4 is 15.8 Å². The molecule has 0 saturated heterocycles. The molecule has 0 fully saturated rings. The van der Waals surface area contributed by atoms with Crippen LogP contribution in [-0.2, 0) is 10.0 Å². The van der Waals surface area contributed by atoms with Crippen LogP contribution in [0.5, 0.6) is 0 Å². The molecule has 24 heavy (non-hydrogen) atoms. The molecule has 0 saturated carbocycles. The molecule has 0 aliphatic heterocycles. The Hall–Kier alpha value is -1.15. The first-order chi connectivity index (χ1) is 10.7. The molecule has 1 aromatic carbocycles. The molecule has 6 nitrogen and oxygen atoms in total. The molecule has 1 rings (SSSR count). The van der Waals surface area contributed by atoms with Gasteiger partial charge in [0.05, 0.1) is 10.4 Å². The Labute approximate surface area is 151 Å². The van der Waals surface area contributed by atoms with E-state index in [1.807, 2.05) is 13.8 Å². The summed E-state index contributed by atoms with van der Waals surface area (Å²) < 4.78 is 26.9. The molecule has 8 heteroatoms. The third-order valence-corrected chi connectivity index (χ3v) is 5.58. The minimum atomic E-state index is -3.63. The summed E-state index contributed by atoms with van der Waals surface area (Å²) in [6.07, 6.45) is 1.41. The second-order valence-corrected chi connectivity index (χ2v) is 7.66. The summed E-state index contributed by atoms with van der Waals surface area (Å²) >= 11 is 0. The molecule has 0 aliphatic carbocycles. The molecule has 0 spiro atoms. The highest BCUT2D eigenvalue weighted by atomic mass is 35.5. The maximum atomic E-state index is 12.5. The van der Waals surface area contributed by atoms with E-state index in [0.717, 1.165) is 0 Å². The third-order valence-electron chi connectivity index (χ3n) is 3.92. The first-order valence-corrected chi connectivity index (χ1v) is 9.33. The fraction of sp³-hybridized carbons (Fsp3) is 0.562. The largest absolute Gasteiger partial charge is 0.345 e. The van der Waals surface area contributed by atoms with Crippen LogP contribution >= 0.6 is 12.4 Å². The SMILES string of the molecule is CCC(CC)(CN)NC(=O)c1cccc(S(=O)(=O)NC(C)C)c1.Cl. The number of nitrogens with one attached hydrogen (secondary N) is 2. The van der Waals surface area contributed by atoms with Gasteiger partial charge >= 0.3 is 0 Å². The van der Waals surface area contributed by atoms with Crippen LogP contribution in [0.2, 0.25) is 0 Å². The third kappa shape index (κ3) is 5.73. The normalized spacial score (nSPS) is 11.9. The topological polar surface area (TPSA) is 101 Å². The van der Waals surface area contributed by atoms with Crippen molar-refractivity contribution in [2.75, 3.05) is 6.54 Å². The highest BCUT2D eigenvalue weighted by Gasteiger charge is 2.27. The van der Waals surface area contributed by atoms with E-state index in [1.165, 1.54) is 12.1 Å². The van der Waals surface area contributed by atoms with E-state index in [4.69, 9.17) is 5.73 Å². The maximum Gasteiger partial charge on any atom is 0.251 e. The lowest BCUT2D eigenvalue weighted by Gasteiger charge is -2.31. The van der Waals surface area contributed by atoms with Gasteiger partial charge in [0.1, 0.15) is 0 Å². The molecule has 4 N–H and O–H groups in total. The highest BCUT2D eigenvalue weighted by Crippen LogP contribution is 2.16.